The Morgan fingerprint density at radius 2 is 1.68 bits per heavy atom. The molecular formula is C14H19F3N2. The molecule has 1 saturated heterocycles. The number of halogens is 3. The minimum atomic E-state index is -4.27. The minimum Gasteiger partial charge on any atom is -0.330 e. The molecule has 1 atom stereocenters. The maximum absolute atomic E-state index is 12.5. The van der Waals surface area contributed by atoms with Crippen LogP contribution >= 0.6 is 0 Å². The Morgan fingerprint density at radius 3 is 2.16 bits per heavy atom. The van der Waals surface area contributed by atoms with Crippen LogP contribution in [0.4, 0.5) is 13.2 Å². The van der Waals surface area contributed by atoms with E-state index in [1.165, 1.54) is 12.8 Å². The average molecular weight is 272 g/mol. The first-order valence-electron chi connectivity index (χ1n) is 6.60. The van der Waals surface area contributed by atoms with Crippen molar-refractivity contribution in [1.29, 1.82) is 0 Å². The van der Waals surface area contributed by atoms with E-state index in [2.05, 4.69) is 4.90 Å². The number of nitrogens with zero attached hydrogens (tertiary/aromatic N) is 1. The Kier molecular flexibility index (Phi) is 4.47. The molecule has 1 unspecified atom stereocenters. The van der Waals surface area contributed by atoms with Crippen LogP contribution in [0.3, 0.4) is 0 Å². The summed E-state index contributed by atoms with van der Waals surface area (Å²) in [6.45, 7) is 3.43. The third-order valence-corrected chi connectivity index (χ3v) is 3.67. The molecule has 19 heavy (non-hydrogen) atoms. The highest BCUT2D eigenvalue weighted by molar-refractivity contribution is 5.27. The Bertz CT molecular complexity index is 394. The molecule has 106 valence electrons. The Hall–Kier alpha value is -1.07. The highest BCUT2D eigenvalue weighted by Gasteiger charge is 2.30. The second-order valence-electron chi connectivity index (χ2n) is 5.06. The van der Waals surface area contributed by atoms with Gasteiger partial charge in [0.15, 0.2) is 0 Å². The van der Waals surface area contributed by atoms with Crippen LogP contribution in [0.2, 0.25) is 0 Å². The Balaban J connectivity index is 2.05. The fraction of sp³-hybridized carbons (Fsp3) is 0.571. The molecule has 1 aliphatic heterocycles. The van der Waals surface area contributed by atoms with Crippen LogP contribution in [-0.2, 0) is 6.18 Å². The summed E-state index contributed by atoms with van der Waals surface area (Å²) >= 11 is 0. The van der Waals surface area contributed by atoms with Crippen LogP contribution in [0, 0.1) is 0 Å². The molecule has 1 heterocycles. The number of likely N-dealkylation sites (tertiary alicyclic amines) is 1. The van der Waals surface area contributed by atoms with Gasteiger partial charge in [-0.25, -0.2) is 0 Å². The van der Waals surface area contributed by atoms with E-state index in [0.717, 1.165) is 37.3 Å². The Morgan fingerprint density at radius 1 is 1.11 bits per heavy atom. The van der Waals surface area contributed by atoms with Crippen LogP contribution < -0.4 is 5.73 Å². The lowest BCUT2D eigenvalue weighted by Crippen LogP contribution is -2.29. The summed E-state index contributed by atoms with van der Waals surface area (Å²) in [5, 5.41) is 0. The van der Waals surface area contributed by atoms with E-state index in [0.29, 0.717) is 6.54 Å². The van der Waals surface area contributed by atoms with Crippen LogP contribution in [0.25, 0.3) is 0 Å². The summed E-state index contributed by atoms with van der Waals surface area (Å²) in [7, 11) is 0. The van der Waals surface area contributed by atoms with Gasteiger partial charge in [0.1, 0.15) is 0 Å². The molecule has 1 aromatic carbocycles. The molecule has 1 fully saturated rings. The van der Waals surface area contributed by atoms with Crippen molar-refractivity contribution in [2.24, 2.45) is 5.73 Å². The summed E-state index contributed by atoms with van der Waals surface area (Å²) in [5.41, 5.74) is 6.05. The van der Waals surface area contributed by atoms with E-state index >= 15 is 0 Å². The summed E-state index contributed by atoms with van der Waals surface area (Å²) < 4.78 is 37.5. The molecule has 0 radical (unpaired) electrons. The molecule has 1 aromatic rings. The highest BCUT2D eigenvalue weighted by atomic mass is 19.4. The van der Waals surface area contributed by atoms with Gasteiger partial charge in [0.05, 0.1) is 5.56 Å². The first-order valence-corrected chi connectivity index (χ1v) is 6.60. The predicted molar refractivity (Wildman–Crippen MR) is 68.9 cm³/mol. The molecule has 0 amide bonds. The SMILES string of the molecule is NCC(CN1CCCC1)c1ccc(C(F)(F)F)cc1. The van der Waals surface area contributed by atoms with Crippen molar-refractivity contribution in [3.05, 3.63) is 35.4 Å². The van der Waals surface area contributed by atoms with Crippen LogP contribution in [0.1, 0.15) is 29.9 Å². The zero-order valence-corrected chi connectivity index (χ0v) is 10.8. The van der Waals surface area contributed by atoms with Crippen molar-refractivity contribution in [1.82, 2.24) is 4.90 Å². The van der Waals surface area contributed by atoms with Gasteiger partial charge in [-0.2, -0.15) is 13.2 Å². The molecular weight excluding hydrogens is 253 g/mol. The van der Waals surface area contributed by atoms with Gasteiger partial charge in [0.2, 0.25) is 0 Å². The van der Waals surface area contributed by atoms with Gasteiger partial charge in [-0.1, -0.05) is 12.1 Å². The van der Waals surface area contributed by atoms with Gasteiger partial charge >= 0.3 is 6.18 Å². The highest BCUT2D eigenvalue weighted by Crippen LogP contribution is 2.30. The second kappa shape index (κ2) is 5.92. The monoisotopic (exact) mass is 272 g/mol. The molecule has 1 aliphatic rings. The van der Waals surface area contributed by atoms with E-state index < -0.39 is 11.7 Å². The number of nitrogens with two attached hydrogens (primary N) is 1. The molecule has 0 aliphatic carbocycles. The van der Waals surface area contributed by atoms with Gasteiger partial charge in [0.25, 0.3) is 0 Å². The largest absolute Gasteiger partial charge is 0.416 e. The van der Waals surface area contributed by atoms with Crippen molar-refractivity contribution in [3.63, 3.8) is 0 Å². The zero-order chi connectivity index (χ0) is 13.9. The maximum atomic E-state index is 12.5. The van der Waals surface area contributed by atoms with E-state index in [-0.39, 0.29) is 5.92 Å². The van der Waals surface area contributed by atoms with Crippen LogP contribution in [0.5, 0.6) is 0 Å². The van der Waals surface area contributed by atoms with Crippen LogP contribution in [-0.4, -0.2) is 31.1 Å². The lowest BCUT2D eigenvalue weighted by atomic mass is 9.97. The number of hydrogen-bond acceptors (Lipinski definition) is 2. The minimum absolute atomic E-state index is 0.111. The molecule has 0 bridgehead atoms. The molecule has 5 heteroatoms. The number of alkyl halides is 3. The van der Waals surface area contributed by atoms with Crippen molar-refractivity contribution in [3.8, 4) is 0 Å². The molecule has 0 saturated carbocycles. The van der Waals surface area contributed by atoms with Crippen LogP contribution in [0.15, 0.2) is 24.3 Å². The van der Waals surface area contributed by atoms with Gasteiger partial charge < -0.3 is 10.6 Å². The number of rotatable bonds is 4. The van der Waals surface area contributed by atoms with Gasteiger partial charge in [-0.05, 0) is 43.6 Å². The molecule has 2 N–H and O–H groups in total. The first kappa shape index (κ1) is 14.3. The third-order valence-electron chi connectivity index (χ3n) is 3.67. The van der Waals surface area contributed by atoms with E-state index in [9.17, 15) is 13.2 Å². The molecule has 2 rings (SSSR count). The quantitative estimate of drug-likeness (QED) is 0.913. The summed E-state index contributed by atoms with van der Waals surface area (Å²) in [4.78, 5) is 2.33. The molecule has 0 aromatic heterocycles. The smallest absolute Gasteiger partial charge is 0.330 e. The van der Waals surface area contributed by atoms with E-state index in [1.807, 2.05) is 0 Å². The maximum Gasteiger partial charge on any atom is 0.416 e. The Labute approximate surface area is 111 Å². The van der Waals surface area contributed by atoms with E-state index in [4.69, 9.17) is 5.73 Å². The van der Waals surface area contributed by atoms with Crippen molar-refractivity contribution >= 4 is 0 Å². The number of hydrogen-bond donors (Lipinski definition) is 1. The van der Waals surface area contributed by atoms with Gasteiger partial charge in [-0.15, -0.1) is 0 Å². The lowest BCUT2D eigenvalue weighted by molar-refractivity contribution is -0.137. The topological polar surface area (TPSA) is 29.3 Å². The van der Waals surface area contributed by atoms with Crippen molar-refractivity contribution < 1.29 is 13.2 Å². The molecule has 0 spiro atoms. The fourth-order valence-corrected chi connectivity index (χ4v) is 2.54. The lowest BCUT2D eigenvalue weighted by Gasteiger charge is -2.23. The van der Waals surface area contributed by atoms with Gasteiger partial charge in [-0.3, -0.25) is 0 Å². The standard InChI is InChI=1S/C14H19F3N2/c15-14(16,17)13-5-3-11(4-6-13)12(9-18)10-19-7-1-2-8-19/h3-6,12H,1-2,7-10,18H2. The molecule has 2 nitrogen and oxygen atoms in total. The third kappa shape index (κ3) is 3.70. The fourth-order valence-electron chi connectivity index (χ4n) is 2.54. The summed E-state index contributed by atoms with van der Waals surface area (Å²) in [5.74, 6) is 0.111. The average Bonchev–Trinajstić information content (AvgIpc) is 2.88. The summed E-state index contributed by atoms with van der Waals surface area (Å²) in [6.07, 6.45) is -1.87. The first-order chi connectivity index (χ1) is 9.00. The predicted octanol–water partition coefficient (Wildman–Crippen LogP) is 2.84. The van der Waals surface area contributed by atoms with E-state index in [1.54, 1.807) is 12.1 Å². The zero-order valence-electron chi connectivity index (χ0n) is 10.8. The van der Waals surface area contributed by atoms with Crippen molar-refractivity contribution in [2.75, 3.05) is 26.2 Å². The normalized spacial score (nSPS) is 18.7. The van der Waals surface area contributed by atoms with Gasteiger partial charge in [0, 0.05) is 19.0 Å². The summed E-state index contributed by atoms with van der Waals surface area (Å²) in [6, 6.07) is 5.39. The second-order valence-corrected chi connectivity index (χ2v) is 5.06. The number of benzene rings is 1. The van der Waals surface area contributed by atoms with Crippen molar-refractivity contribution in [2.45, 2.75) is 24.9 Å².